The van der Waals surface area contributed by atoms with Crippen LogP contribution < -0.4 is 16.7 Å². The maximum Gasteiger partial charge on any atom is 0.261 e. The highest BCUT2D eigenvalue weighted by atomic mass is 35.5. The zero-order valence-corrected chi connectivity index (χ0v) is 10.9. The molecule has 0 aliphatic heterocycles. The van der Waals surface area contributed by atoms with Gasteiger partial charge in [0.25, 0.3) is 5.91 Å². The minimum Gasteiger partial charge on any atom is -0.274 e. The topological polar surface area (TPSA) is 87.5 Å². The Morgan fingerprint density at radius 3 is 2.28 bits per heavy atom. The number of hydrazine groups is 2. The molecule has 0 aliphatic rings. The molecule has 1 atom stereocenters. The van der Waals surface area contributed by atoms with Crippen LogP contribution in [0.4, 0.5) is 0 Å². The molecule has 0 bridgehead atoms. The number of carbonyl (C=O) groups is 2. The first kappa shape index (κ1) is 14.4. The molecular formula is C11H15ClN4O2. The van der Waals surface area contributed by atoms with Crippen LogP contribution in [0.15, 0.2) is 24.3 Å². The van der Waals surface area contributed by atoms with Gasteiger partial charge in [-0.15, -0.1) is 0 Å². The van der Waals surface area contributed by atoms with Crippen molar-refractivity contribution in [2.24, 2.45) is 5.84 Å². The van der Waals surface area contributed by atoms with Gasteiger partial charge in [0.2, 0.25) is 5.91 Å². The Hall–Kier alpha value is -1.63. The molecule has 0 heterocycles. The van der Waals surface area contributed by atoms with Crippen LogP contribution in [0.2, 0.25) is 5.02 Å². The predicted octanol–water partition coefficient (Wildman–Crippen LogP) is 0.354. The highest BCUT2D eigenvalue weighted by Gasteiger charge is 2.23. The summed E-state index contributed by atoms with van der Waals surface area (Å²) < 4.78 is 0. The van der Waals surface area contributed by atoms with Crippen molar-refractivity contribution in [3.05, 3.63) is 34.9 Å². The van der Waals surface area contributed by atoms with Crippen molar-refractivity contribution in [1.82, 2.24) is 15.9 Å². The van der Waals surface area contributed by atoms with E-state index in [1.165, 1.54) is 11.9 Å². The molecule has 18 heavy (non-hydrogen) atoms. The van der Waals surface area contributed by atoms with E-state index < -0.39 is 11.9 Å². The van der Waals surface area contributed by atoms with Gasteiger partial charge in [0.1, 0.15) is 6.04 Å². The lowest BCUT2D eigenvalue weighted by Crippen LogP contribution is -2.48. The lowest BCUT2D eigenvalue weighted by atomic mass is 10.1. The van der Waals surface area contributed by atoms with Gasteiger partial charge in [-0.2, -0.15) is 0 Å². The van der Waals surface area contributed by atoms with Crippen LogP contribution in [0.3, 0.4) is 0 Å². The summed E-state index contributed by atoms with van der Waals surface area (Å²) in [6.07, 6.45) is 0. The summed E-state index contributed by atoms with van der Waals surface area (Å²) in [5.41, 5.74) is 5.17. The molecule has 7 heteroatoms. The lowest BCUT2D eigenvalue weighted by Gasteiger charge is -2.23. The molecule has 1 aromatic carbocycles. The van der Waals surface area contributed by atoms with E-state index in [4.69, 9.17) is 17.4 Å². The molecule has 0 saturated heterocycles. The molecule has 6 nitrogen and oxygen atoms in total. The Morgan fingerprint density at radius 2 is 1.83 bits per heavy atom. The Balaban J connectivity index is 2.85. The van der Waals surface area contributed by atoms with E-state index in [2.05, 4.69) is 10.9 Å². The van der Waals surface area contributed by atoms with Crippen molar-refractivity contribution in [2.75, 3.05) is 7.05 Å². The first-order chi connectivity index (χ1) is 8.41. The van der Waals surface area contributed by atoms with Crippen molar-refractivity contribution in [3.63, 3.8) is 0 Å². The number of rotatable bonds is 3. The Morgan fingerprint density at radius 1 is 1.28 bits per heavy atom. The van der Waals surface area contributed by atoms with Crippen molar-refractivity contribution in [3.8, 4) is 0 Å². The van der Waals surface area contributed by atoms with Crippen LogP contribution in [0.5, 0.6) is 0 Å². The number of benzene rings is 1. The molecule has 98 valence electrons. The average Bonchev–Trinajstić information content (AvgIpc) is 2.29. The second-order valence-corrected chi connectivity index (χ2v) is 4.23. The number of likely N-dealkylation sites (N-methyl/N-ethyl adjacent to an activating group) is 1. The van der Waals surface area contributed by atoms with Gasteiger partial charge >= 0.3 is 0 Å². The van der Waals surface area contributed by atoms with Gasteiger partial charge in [-0.3, -0.25) is 26.3 Å². The smallest absolute Gasteiger partial charge is 0.261 e. The van der Waals surface area contributed by atoms with E-state index >= 15 is 0 Å². The number of nitrogens with two attached hydrogens (primary N) is 1. The molecule has 1 rings (SSSR count). The third-order valence-electron chi connectivity index (χ3n) is 2.20. The quantitative estimate of drug-likeness (QED) is 0.546. The second kappa shape index (κ2) is 6.34. The molecule has 1 aromatic rings. The molecule has 0 radical (unpaired) electrons. The molecule has 0 fully saturated rings. The second-order valence-electron chi connectivity index (χ2n) is 3.79. The van der Waals surface area contributed by atoms with Crippen LogP contribution in [0.1, 0.15) is 18.5 Å². The fourth-order valence-corrected chi connectivity index (χ4v) is 1.56. The van der Waals surface area contributed by atoms with Gasteiger partial charge in [-0.1, -0.05) is 23.7 Å². The zero-order valence-electron chi connectivity index (χ0n) is 10.1. The number of hydrogen-bond donors (Lipinski definition) is 3. The standard InChI is InChI=1S/C11H15ClN4O2/c1-7(17)14-15-11(18)10(16(2)13)8-3-5-9(12)6-4-8/h3-6,10H,13H2,1-2H3,(H,14,17)(H,15,18). The minimum absolute atomic E-state index is 0.363. The monoisotopic (exact) mass is 270 g/mol. The van der Waals surface area contributed by atoms with Gasteiger partial charge in [-0.25, -0.2) is 5.01 Å². The summed E-state index contributed by atoms with van der Waals surface area (Å²) in [7, 11) is 1.56. The molecule has 0 spiro atoms. The van der Waals surface area contributed by atoms with E-state index in [0.717, 1.165) is 0 Å². The van der Waals surface area contributed by atoms with E-state index in [0.29, 0.717) is 10.6 Å². The van der Waals surface area contributed by atoms with E-state index in [-0.39, 0.29) is 5.91 Å². The van der Waals surface area contributed by atoms with E-state index in [1.807, 2.05) is 0 Å². The highest BCUT2D eigenvalue weighted by molar-refractivity contribution is 6.30. The lowest BCUT2D eigenvalue weighted by molar-refractivity contribution is -0.131. The maximum absolute atomic E-state index is 11.9. The number of nitrogens with one attached hydrogen (secondary N) is 2. The number of carbonyl (C=O) groups excluding carboxylic acids is 2. The molecular weight excluding hydrogens is 256 g/mol. The third-order valence-corrected chi connectivity index (χ3v) is 2.46. The Labute approximate surface area is 110 Å². The van der Waals surface area contributed by atoms with Gasteiger partial charge in [-0.05, 0) is 17.7 Å². The number of nitrogens with zero attached hydrogens (tertiary/aromatic N) is 1. The van der Waals surface area contributed by atoms with Crippen LogP contribution in [-0.2, 0) is 9.59 Å². The number of halogens is 1. The molecule has 2 amide bonds. The number of amides is 2. The largest absolute Gasteiger partial charge is 0.274 e. The zero-order chi connectivity index (χ0) is 13.7. The van der Waals surface area contributed by atoms with Gasteiger partial charge in [0.15, 0.2) is 0 Å². The van der Waals surface area contributed by atoms with Gasteiger partial charge in [0, 0.05) is 19.0 Å². The van der Waals surface area contributed by atoms with E-state index in [1.54, 1.807) is 31.3 Å². The van der Waals surface area contributed by atoms with Crippen molar-refractivity contribution in [2.45, 2.75) is 13.0 Å². The Bertz CT molecular complexity index is 433. The minimum atomic E-state index is -0.714. The summed E-state index contributed by atoms with van der Waals surface area (Å²) >= 11 is 5.78. The maximum atomic E-state index is 11.9. The number of hydrogen-bond acceptors (Lipinski definition) is 4. The molecule has 0 aliphatic carbocycles. The van der Waals surface area contributed by atoms with Gasteiger partial charge < -0.3 is 0 Å². The Kier molecular flexibility index (Phi) is 5.08. The summed E-state index contributed by atoms with van der Waals surface area (Å²) in [6.45, 7) is 1.30. The highest BCUT2D eigenvalue weighted by Crippen LogP contribution is 2.19. The van der Waals surface area contributed by atoms with Crippen LogP contribution in [0.25, 0.3) is 0 Å². The summed E-state index contributed by atoms with van der Waals surface area (Å²) in [5.74, 6) is 4.84. The fraction of sp³-hybridized carbons (Fsp3) is 0.273. The summed E-state index contributed by atoms with van der Waals surface area (Å²) in [5, 5.41) is 1.82. The first-order valence-electron chi connectivity index (χ1n) is 5.21. The van der Waals surface area contributed by atoms with Crippen molar-refractivity contribution >= 4 is 23.4 Å². The summed E-state index contributed by atoms with van der Waals surface area (Å²) in [4.78, 5) is 22.6. The van der Waals surface area contributed by atoms with Crippen molar-refractivity contribution < 1.29 is 9.59 Å². The fourth-order valence-electron chi connectivity index (χ4n) is 1.43. The predicted molar refractivity (Wildman–Crippen MR) is 68.1 cm³/mol. The van der Waals surface area contributed by atoms with Crippen molar-refractivity contribution in [1.29, 1.82) is 0 Å². The molecule has 1 unspecified atom stereocenters. The summed E-state index contributed by atoms with van der Waals surface area (Å²) in [6, 6.07) is 6.01. The average molecular weight is 271 g/mol. The van der Waals surface area contributed by atoms with Crippen LogP contribution in [0, 0.1) is 0 Å². The van der Waals surface area contributed by atoms with E-state index in [9.17, 15) is 9.59 Å². The molecule has 0 saturated carbocycles. The molecule has 0 aromatic heterocycles. The normalized spacial score (nSPS) is 12.1. The van der Waals surface area contributed by atoms with Crippen LogP contribution in [-0.4, -0.2) is 23.9 Å². The SMILES string of the molecule is CC(=O)NNC(=O)C(c1ccc(Cl)cc1)N(C)N. The molecule has 4 N–H and O–H groups in total. The van der Waals surface area contributed by atoms with Crippen LogP contribution >= 0.6 is 11.6 Å². The van der Waals surface area contributed by atoms with Gasteiger partial charge in [0.05, 0.1) is 0 Å². The first-order valence-corrected chi connectivity index (χ1v) is 5.59. The third kappa shape index (κ3) is 3.99.